The van der Waals surface area contributed by atoms with E-state index in [9.17, 15) is 18.0 Å². The molecule has 0 radical (unpaired) electrons. The Bertz CT molecular complexity index is 899. The van der Waals surface area contributed by atoms with Crippen molar-refractivity contribution in [3.63, 3.8) is 0 Å². The number of hydrogen-bond donors (Lipinski definition) is 0. The van der Waals surface area contributed by atoms with Crippen LogP contribution in [0.1, 0.15) is 50.3 Å². The van der Waals surface area contributed by atoms with Gasteiger partial charge in [0, 0.05) is 12.8 Å². The highest BCUT2D eigenvalue weighted by Gasteiger charge is 2.31. The fourth-order valence-corrected chi connectivity index (χ4v) is 3.60. The number of benzene rings is 2. The van der Waals surface area contributed by atoms with E-state index in [1.165, 1.54) is 6.07 Å². The quantitative estimate of drug-likeness (QED) is 0.309. The Labute approximate surface area is 195 Å². The summed E-state index contributed by atoms with van der Waals surface area (Å²) in [7, 11) is 0. The van der Waals surface area contributed by atoms with E-state index >= 15 is 0 Å². The summed E-state index contributed by atoms with van der Waals surface area (Å²) >= 11 is 3.14. The van der Waals surface area contributed by atoms with Gasteiger partial charge in [0.05, 0.1) is 29.4 Å². The van der Waals surface area contributed by atoms with Gasteiger partial charge >= 0.3 is 12.1 Å². The highest BCUT2D eigenvalue weighted by molar-refractivity contribution is 9.10. The first-order valence-corrected chi connectivity index (χ1v) is 11.4. The minimum absolute atomic E-state index is 0.205. The molecule has 2 aromatic carbocycles. The first kappa shape index (κ1) is 26.0. The van der Waals surface area contributed by atoms with Gasteiger partial charge in [0.15, 0.2) is 0 Å². The van der Waals surface area contributed by atoms with Gasteiger partial charge in [-0.05, 0) is 84.1 Å². The normalized spacial score (nSPS) is 12.3. The predicted octanol–water partition coefficient (Wildman–Crippen LogP) is 6.76. The average Bonchev–Trinajstić information content (AvgIpc) is 2.73. The maximum Gasteiger partial charge on any atom is 0.416 e. The molecule has 2 aromatic rings. The number of aryl methyl sites for hydroxylation is 2. The molecule has 176 valence electrons. The number of halogens is 4. The predicted molar refractivity (Wildman–Crippen MR) is 120 cm³/mol. The molecule has 0 aliphatic rings. The van der Waals surface area contributed by atoms with Crippen molar-refractivity contribution < 1.29 is 32.2 Å². The molecule has 0 aliphatic carbocycles. The SMILES string of the molecule is CCOC(=O)CCc1ccc(OCCC(C)Oc2ccc(C(F)(F)F)cc2Br)cc1CC. The second-order valence-electron chi connectivity index (χ2n) is 7.30. The second kappa shape index (κ2) is 12.1. The van der Waals surface area contributed by atoms with E-state index in [4.69, 9.17) is 14.2 Å². The van der Waals surface area contributed by atoms with Crippen LogP contribution in [0.25, 0.3) is 0 Å². The third-order valence-corrected chi connectivity index (χ3v) is 5.46. The fourth-order valence-electron chi connectivity index (χ4n) is 3.13. The monoisotopic (exact) mass is 516 g/mol. The summed E-state index contributed by atoms with van der Waals surface area (Å²) in [5.41, 5.74) is 1.48. The van der Waals surface area contributed by atoms with Crippen LogP contribution in [0.15, 0.2) is 40.9 Å². The number of hydrogen-bond acceptors (Lipinski definition) is 4. The van der Waals surface area contributed by atoms with Crippen LogP contribution in [0.2, 0.25) is 0 Å². The van der Waals surface area contributed by atoms with Crippen molar-refractivity contribution in [2.24, 2.45) is 0 Å². The third kappa shape index (κ3) is 8.04. The lowest BCUT2D eigenvalue weighted by Crippen LogP contribution is -2.16. The summed E-state index contributed by atoms with van der Waals surface area (Å²) in [4.78, 5) is 11.6. The summed E-state index contributed by atoms with van der Waals surface area (Å²) in [6.45, 7) is 6.44. The molecule has 0 amide bonds. The lowest BCUT2D eigenvalue weighted by Gasteiger charge is -2.18. The smallest absolute Gasteiger partial charge is 0.416 e. The zero-order chi connectivity index (χ0) is 23.7. The highest BCUT2D eigenvalue weighted by Crippen LogP contribution is 2.35. The number of ether oxygens (including phenoxy) is 3. The van der Waals surface area contributed by atoms with Crippen molar-refractivity contribution in [3.05, 3.63) is 57.6 Å². The number of carbonyl (C=O) groups is 1. The van der Waals surface area contributed by atoms with E-state index in [1.807, 2.05) is 32.0 Å². The van der Waals surface area contributed by atoms with Gasteiger partial charge in [-0.25, -0.2) is 0 Å². The number of rotatable bonds is 11. The van der Waals surface area contributed by atoms with Crippen molar-refractivity contribution >= 4 is 21.9 Å². The van der Waals surface area contributed by atoms with Crippen molar-refractivity contribution in [1.29, 1.82) is 0 Å². The first-order valence-electron chi connectivity index (χ1n) is 10.6. The lowest BCUT2D eigenvalue weighted by molar-refractivity contribution is -0.143. The highest BCUT2D eigenvalue weighted by atomic mass is 79.9. The van der Waals surface area contributed by atoms with E-state index in [0.29, 0.717) is 38.2 Å². The van der Waals surface area contributed by atoms with E-state index < -0.39 is 11.7 Å². The maximum absolute atomic E-state index is 12.8. The van der Waals surface area contributed by atoms with Crippen molar-refractivity contribution in [1.82, 2.24) is 0 Å². The zero-order valence-electron chi connectivity index (χ0n) is 18.4. The lowest BCUT2D eigenvalue weighted by atomic mass is 10.0. The van der Waals surface area contributed by atoms with Gasteiger partial charge < -0.3 is 14.2 Å². The number of alkyl halides is 3. The molecule has 2 rings (SSSR count). The fraction of sp³-hybridized carbons (Fsp3) is 0.458. The molecular weight excluding hydrogens is 489 g/mol. The Kier molecular flexibility index (Phi) is 9.87. The molecule has 1 atom stereocenters. The van der Waals surface area contributed by atoms with Gasteiger partial charge in [0.1, 0.15) is 11.5 Å². The van der Waals surface area contributed by atoms with Gasteiger partial charge in [-0.1, -0.05) is 13.0 Å². The van der Waals surface area contributed by atoms with E-state index in [1.54, 1.807) is 6.92 Å². The van der Waals surface area contributed by atoms with Gasteiger partial charge in [-0.2, -0.15) is 13.2 Å². The van der Waals surface area contributed by atoms with E-state index in [-0.39, 0.29) is 16.5 Å². The zero-order valence-corrected chi connectivity index (χ0v) is 20.0. The van der Waals surface area contributed by atoms with E-state index in [2.05, 4.69) is 15.9 Å². The Hall–Kier alpha value is -2.22. The molecule has 0 saturated heterocycles. The topological polar surface area (TPSA) is 44.8 Å². The third-order valence-electron chi connectivity index (χ3n) is 4.84. The number of esters is 1. The molecule has 4 nitrogen and oxygen atoms in total. The molecule has 0 aromatic heterocycles. The Morgan fingerprint density at radius 1 is 1.09 bits per heavy atom. The van der Waals surface area contributed by atoms with Crippen LogP contribution in [0.3, 0.4) is 0 Å². The molecule has 0 saturated carbocycles. The molecule has 0 fully saturated rings. The summed E-state index contributed by atoms with van der Waals surface area (Å²) in [6.07, 6.45) is -2.31. The summed E-state index contributed by atoms with van der Waals surface area (Å²) in [6, 6.07) is 9.13. The summed E-state index contributed by atoms with van der Waals surface area (Å²) in [5.74, 6) is 0.873. The van der Waals surface area contributed by atoms with Crippen LogP contribution in [-0.2, 0) is 28.5 Å². The molecule has 0 aliphatic heterocycles. The minimum Gasteiger partial charge on any atom is -0.493 e. The molecule has 0 bridgehead atoms. The number of carbonyl (C=O) groups excluding carboxylic acids is 1. The van der Waals surface area contributed by atoms with Crippen LogP contribution >= 0.6 is 15.9 Å². The Morgan fingerprint density at radius 3 is 2.47 bits per heavy atom. The van der Waals surface area contributed by atoms with Crippen LogP contribution < -0.4 is 9.47 Å². The average molecular weight is 517 g/mol. The molecule has 0 N–H and O–H groups in total. The summed E-state index contributed by atoms with van der Waals surface area (Å²) < 4.78 is 55.2. The Morgan fingerprint density at radius 2 is 1.84 bits per heavy atom. The van der Waals surface area contributed by atoms with E-state index in [0.717, 1.165) is 35.4 Å². The molecule has 8 heteroatoms. The molecule has 32 heavy (non-hydrogen) atoms. The second-order valence-corrected chi connectivity index (χ2v) is 8.15. The largest absolute Gasteiger partial charge is 0.493 e. The van der Waals surface area contributed by atoms with Crippen molar-refractivity contribution in [2.45, 2.75) is 58.7 Å². The van der Waals surface area contributed by atoms with Gasteiger partial charge in [-0.15, -0.1) is 0 Å². The molecule has 1 unspecified atom stereocenters. The van der Waals surface area contributed by atoms with Crippen LogP contribution in [0.5, 0.6) is 11.5 Å². The van der Waals surface area contributed by atoms with Crippen LogP contribution in [0.4, 0.5) is 13.2 Å². The molecule has 0 heterocycles. The molecule has 0 spiro atoms. The van der Waals surface area contributed by atoms with Crippen molar-refractivity contribution in [2.75, 3.05) is 13.2 Å². The van der Waals surface area contributed by atoms with Crippen molar-refractivity contribution in [3.8, 4) is 11.5 Å². The van der Waals surface area contributed by atoms with Gasteiger partial charge in [0.25, 0.3) is 0 Å². The molecular formula is C24H28BrF3O4. The maximum atomic E-state index is 12.8. The first-order chi connectivity index (χ1) is 15.1. The van der Waals surface area contributed by atoms with Gasteiger partial charge in [0.2, 0.25) is 0 Å². The standard InChI is InChI=1S/C24H28BrF3O4/c1-4-17-14-20(9-6-18(17)7-11-23(29)30-5-2)31-13-12-16(3)32-22-10-8-19(15-21(22)25)24(26,27)28/h6,8-10,14-16H,4-5,7,11-13H2,1-3H3. The van der Waals surface area contributed by atoms with Crippen LogP contribution in [0, 0.1) is 0 Å². The van der Waals surface area contributed by atoms with Crippen LogP contribution in [-0.4, -0.2) is 25.3 Å². The van der Waals surface area contributed by atoms with Gasteiger partial charge in [-0.3, -0.25) is 4.79 Å². The minimum atomic E-state index is -4.40. The summed E-state index contributed by atoms with van der Waals surface area (Å²) in [5, 5.41) is 0. The Balaban J connectivity index is 1.86.